The first-order valence-corrected chi connectivity index (χ1v) is 4.87. The van der Waals surface area contributed by atoms with Crippen LogP contribution in [0.15, 0.2) is 35.2 Å². The molecule has 0 saturated heterocycles. The van der Waals surface area contributed by atoms with E-state index >= 15 is 0 Å². The Labute approximate surface area is 78.6 Å². The van der Waals surface area contributed by atoms with Crippen molar-refractivity contribution in [3.05, 3.63) is 30.3 Å². The van der Waals surface area contributed by atoms with Crippen molar-refractivity contribution in [3.63, 3.8) is 0 Å². The normalized spacial score (nSPS) is 12.8. The van der Waals surface area contributed by atoms with E-state index in [-0.39, 0.29) is 0 Å². The molecule has 0 saturated carbocycles. The maximum atomic E-state index is 9.17. The van der Waals surface area contributed by atoms with Crippen LogP contribution in [0.2, 0.25) is 6.32 Å². The number of thioether (sulfide) groups is 1. The molecule has 0 aromatic heterocycles. The molecule has 62 valence electrons. The van der Waals surface area contributed by atoms with Crippen LogP contribution in [0.3, 0.4) is 0 Å². The highest BCUT2D eigenvalue weighted by Crippen LogP contribution is 2.18. The van der Waals surface area contributed by atoms with Crippen molar-refractivity contribution in [1.29, 1.82) is 0 Å². The van der Waals surface area contributed by atoms with Gasteiger partial charge in [-0.15, -0.1) is 11.8 Å². The quantitative estimate of drug-likeness (QED) is 0.559. The second-order valence-electron chi connectivity index (χ2n) is 2.51. The third-order valence-electron chi connectivity index (χ3n) is 1.46. The predicted molar refractivity (Wildman–Crippen MR) is 53.7 cm³/mol. The third kappa shape index (κ3) is 3.33. The Morgan fingerprint density at radius 2 is 2.00 bits per heavy atom. The molecule has 3 heteroatoms. The first-order valence-electron chi connectivity index (χ1n) is 3.89. The molecule has 0 spiro atoms. The highest BCUT2D eigenvalue weighted by atomic mass is 32.2. The van der Waals surface area contributed by atoms with Gasteiger partial charge < -0.3 is 5.11 Å². The molecule has 1 N–H and O–H groups in total. The number of aliphatic hydroxyl groups excluding tert-OH is 1. The van der Waals surface area contributed by atoms with Crippen LogP contribution in [0.5, 0.6) is 0 Å². The molecule has 1 nitrogen and oxygen atoms in total. The van der Waals surface area contributed by atoms with Crippen LogP contribution in [0.25, 0.3) is 0 Å². The number of hydrogen-bond acceptors (Lipinski definition) is 2. The Morgan fingerprint density at radius 1 is 1.33 bits per heavy atom. The fraction of sp³-hybridized carbons (Fsp3) is 0.333. The highest BCUT2D eigenvalue weighted by Gasteiger charge is 2.00. The Bertz CT molecular complexity index is 215. The van der Waals surface area contributed by atoms with Gasteiger partial charge in [0.2, 0.25) is 0 Å². The summed E-state index contributed by atoms with van der Waals surface area (Å²) in [5.41, 5.74) is 0. The van der Waals surface area contributed by atoms with Gasteiger partial charge in [-0.3, -0.25) is 0 Å². The van der Waals surface area contributed by atoms with Crippen molar-refractivity contribution in [2.24, 2.45) is 0 Å². The molecular formula is C9H11BOS. The molecule has 0 heterocycles. The molecule has 0 aliphatic rings. The highest BCUT2D eigenvalue weighted by molar-refractivity contribution is 7.99. The van der Waals surface area contributed by atoms with Gasteiger partial charge in [-0.25, -0.2) is 0 Å². The molecule has 1 unspecified atom stereocenters. The summed E-state index contributed by atoms with van der Waals surface area (Å²) in [4.78, 5) is 1.17. The van der Waals surface area contributed by atoms with E-state index in [1.165, 1.54) is 4.90 Å². The molecule has 1 aromatic rings. The van der Waals surface area contributed by atoms with Crippen molar-refractivity contribution < 1.29 is 5.11 Å². The maximum Gasteiger partial charge on any atom is 0.0688 e. The lowest BCUT2D eigenvalue weighted by Crippen LogP contribution is -2.07. The molecule has 0 aliphatic heterocycles. The van der Waals surface area contributed by atoms with Crippen molar-refractivity contribution in [2.75, 3.05) is 5.75 Å². The van der Waals surface area contributed by atoms with Crippen LogP contribution in [-0.2, 0) is 0 Å². The monoisotopic (exact) mass is 178 g/mol. The first kappa shape index (κ1) is 9.68. The minimum atomic E-state index is -0.393. The zero-order valence-electron chi connectivity index (χ0n) is 6.81. The molecular weight excluding hydrogens is 167 g/mol. The fourth-order valence-corrected chi connectivity index (χ4v) is 1.65. The molecule has 0 fully saturated rings. The Morgan fingerprint density at radius 3 is 2.58 bits per heavy atom. The summed E-state index contributed by atoms with van der Waals surface area (Å²) in [5, 5.41) is 9.17. The first-order chi connectivity index (χ1) is 5.83. The second kappa shape index (κ2) is 5.28. The van der Waals surface area contributed by atoms with Gasteiger partial charge >= 0.3 is 0 Å². The summed E-state index contributed by atoms with van der Waals surface area (Å²) in [6.07, 6.45) is -0.0602. The van der Waals surface area contributed by atoms with Crippen LogP contribution in [0.1, 0.15) is 0 Å². The van der Waals surface area contributed by atoms with Gasteiger partial charge in [0.05, 0.1) is 14.0 Å². The molecule has 1 aromatic carbocycles. The van der Waals surface area contributed by atoms with Crippen molar-refractivity contribution in [3.8, 4) is 0 Å². The summed E-state index contributed by atoms with van der Waals surface area (Å²) < 4.78 is 0. The van der Waals surface area contributed by atoms with Crippen LogP contribution < -0.4 is 0 Å². The van der Waals surface area contributed by atoms with Gasteiger partial charge in [-0.05, 0) is 12.1 Å². The van der Waals surface area contributed by atoms with E-state index in [1.54, 1.807) is 11.8 Å². The molecule has 1 rings (SSSR count). The van der Waals surface area contributed by atoms with E-state index in [2.05, 4.69) is 0 Å². The van der Waals surface area contributed by atoms with Crippen LogP contribution in [0, 0.1) is 0 Å². The molecule has 0 aliphatic carbocycles. The Kier molecular flexibility index (Phi) is 4.26. The Balaban J connectivity index is 2.33. The van der Waals surface area contributed by atoms with Crippen molar-refractivity contribution in [2.45, 2.75) is 17.3 Å². The fourth-order valence-electron chi connectivity index (χ4n) is 0.777. The van der Waals surface area contributed by atoms with E-state index in [0.717, 1.165) is 0 Å². The number of rotatable bonds is 4. The smallest absolute Gasteiger partial charge is 0.0688 e. The molecule has 0 amide bonds. The van der Waals surface area contributed by atoms with Gasteiger partial charge in [-0.2, -0.15) is 0 Å². The van der Waals surface area contributed by atoms with E-state index in [0.29, 0.717) is 12.1 Å². The second-order valence-corrected chi connectivity index (χ2v) is 3.61. The minimum Gasteiger partial charge on any atom is -0.393 e. The average Bonchev–Trinajstić information content (AvgIpc) is 2.16. The Hall–Kier alpha value is -0.405. The van der Waals surface area contributed by atoms with Gasteiger partial charge in [0, 0.05) is 10.6 Å². The molecule has 1 atom stereocenters. The lowest BCUT2D eigenvalue weighted by atomic mass is 10.0. The van der Waals surface area contributed by atoms with E-state index < -0.39 is 6.10 Å². The lowest BCUT2D eigenvalue weighted by molar-refractivity contribution is 0.221. The zero-order chi connectivity index (χ0) is 8.81. The lowest BCUT2D eigenvalue weighted by Gasteiger charge is -2.06. The van der Waals surface area contributed by atoms with E-state index in [4.69, 9.17) is 7.85 Å². The topological polar surface area (TPSA) is 20.2 Å². The van der Waals surface area contributed by atoms with E-state index in [1.807, 2.05) is 30.3 Å². The van der Waals surface area contributed by atoms with Gasteiger partial charge in [0.1, 0.15) is 0 Å². The maximum absolute atomic E-state index is 9.17. The van der Waals surface area contributed by atoms with Gasteiger partial charge in [-0.1, -0.05) is 24.5 Å². The molecule has 12 heavy (non-hydrogen) atoms. The summed E-state index contributed by atoms with van der Waals surface area (Å²) in [6.45, 7) is 0. The minimum absolute atomic E-state index is 0.333. The number of aliphatic hydroxyl groups is 1. The van der Waals surface area contributed by atoms with Crippen LogP contribution in [0.4, 0.5) is 0 Å². The van der Waals surface area contributed by atoms with Crippen molar-refractivity contribution >= 4 is 19.6 Å². The van der Waals surface area contributed by atoms with Crippen LogP contribution in [-0.4, -0.2) is 24.8 Å². The summed E-state index contributed by atoms with van der Waals surface area (Å²) in [7, 11) is 5.27. The van der Waals surface area contributed by atoms with Gasteiger partial charge in [0.15, 0.2) is 0 Å². The zero-order valence-corrected chi connectivity index (χ0v) is 7.63. The average molecular weight is 178 g/mol. The summed E-state index contributed by atoms with van der Waals surface area (Å²) >= 11 is 1.62. The summed E-state index contributed by atoms with van der Waals surface area (Å²) in [5.74, 6) is 0.667. The standard InChI is InChI=1S/C9H11BOS/c10-6-8(11)7-12-9-4-2-1-3-5-9/h1-5,8,11H,6-7H2. The third-order valence-corrected chi connectivity index (χ3v) is 2.61. The predicted octanol–water partition coefficient (Wildman–Crippen LogP) is 1.73. The SMILES string of the molecule is [B]CC(O)CSc1ccccc1. The van der Waals surface area contributed by atoms with Gasteiger partial charge in [0.25, 0.3) is 0 Å². The summed E-state index contributed by atoms with van der Waals surface area (Å²) in [6, 6.07) is 9.99. The molecule has 2 radical (unpaired) electrons. The van der Waals surface area contributed by atoms with E-state index in [9.17, 15) is 5.11 Å². The molecule has 0 bridgehead atoms. The largest absolute Gasteiger partial charge is 0.393 e. The number of hydrogen-bond donors (Lipinski definition) is 1. The van der Waals surface area contributed by atoms with Crippen molar-refractivity contribution in [1.82, 2.24) is 0 Å². The number of benzene rings is 1. The van der Waals surface area contributed by atoms with Crippen LogP contribution >= 0.6 is 11.8 Å².